The largest absolute Gasteiger partial charge is 0.398 e. The number of benzene rings is 1. The van der Waals surface area contributed by atoms with E-state index in [1.807, 2.05) is 6.26 Å². The van der Waals surface area contributed by atoms with Gasteiger partial charge in [-0.2, -0.15) is 0 Å². The van der Waals surface area contributed by atoms with Gasteiger partial charge in [0.25, 0.3) is 0 Å². The first-order chi connectivity index (χ1) is 8.90. The number of nitrogens with two attached hydrogens (primary N) is 1. The fourth-order valence-corrected chi connectivity index (χ4v) is 4.34. The number of aromatic nitrogens is 2. The molecule has 0 aliphatic rings. The van der Waals surface area contributed by atoms with Gasteiger partial charge in [-0.25, -0.2) is 8.42 Å². The monoisotopic (exact) mass is 333 g/mol. The Balaban J connectivity index is 2.27. The second-order valence-corrected chi connectivity index (χ2v) is 8.95. The fraction of sp³-hybridized carbons (Fsp3) is 0.200. The maximum atomic E-state index is 11.4. The molecule has 0 aliphatic carbocycles. The molecule has 2 aromatic rings. The fourth-order valence-electron chi connectivity index (χ4n) is 1.27. The summed E-state index contributed by atoms with van der Waals surface area (Å²) in [5.41, 5.74) is 6.30. The summed E-state index contributed by atoms with van der Waals surface area (Å²) in [5.74, 6) is 0. The predicted octanol–water partition coefficient (Wildman–Crippen LogP) is 2.40. The van der Waals surface area contributed by atoms with Crippen LogP contribution in [0.15, 0.2) is 36.7 Å². The maximum Gasteiger partial charge on any atom is 0.179 e. The van der Waals surface area contributed by atoms with Gasteiger partial charge in [0.2, 0.25) is 0 Å². The van der Waals surface area contributed by atoms with Crippen molar-refractivity contribution in [3.8, 4) is 0 Å². The first kappa shape index (κ1) is 14.6. The molecule has 102 valence electrons. The number of nitrogen functional groups attached to an aromatic ring is 1. The molecular formula is C10H11N3O2S4. The van der Waals surface area contributed by atoms with Gasteiger partial charge in [0, 0.05) is 16.8 Å². The molecule has 2 rings (SSSR count). The van der Waals surface area contributed by atoms with Crippen LogP contribution in [-0.2, 0) is 9.84 Å². The number of nitrogens with zero attached hydrogens (tertiary/aromatic N) is 2. The van der Waals surface area contributed by atoms with E-state index in [9.17, 15) is 8.42 Å². The summed E-state index contributed by atoms with van der Waals surface area (Å²) in [6, 6.07) is 4.70. The minimum absolute atomic E-state index is 0.219. The third-order valence-electron chi connectivity index (χ3n) is 2.17. The topological polar surface area (TPSA) is 85.9 Å². The number of sulfone groups is 1. The van der Waals surface area contributed by atoms with Gasteiger partial charge in [-0.3, -0.25) is 0 Å². The smallest absolute Gasteiger partial charge is 0.179 e. The van der Waals surface area contributed by atoms with Crippen molar-refractivity contribution in [2.45, 2.75) is 18.5 Å². The number of thioether (sulfide) groups is 1. The van der Waals surface area contributed by atoms with Crippen LogP contribution in [0.2, 0.25) is 0 Å². The molecule has 1 aromatic heterocycles. The summed E-state index contributed by atoms with van der Waals surface area (Å²) in [6.45, 7) is 0. The van der Waals surface area contributed by atoms with Crippen LogP contribution in [0.25, 0.3) is 0 Å². The van der Waals surface area contributed by atoms with E-state index in [4.69, 9.17) is 5.73 Å². The highest BCUT2D eigenvalue weighted by atomic mass is 32.2. The molecular weight excluding hydrogens is 322 g/mol. The van der Waals surface area contributed by atoms with Gasteiger partial charge in [-0.1, -0.05) is 34.9 Å². The minimum atomic E-state index is -3.23. The predicted molar refractivity (Wildman–Crippen MR) is 79.8 cm³/mol. The maximum absolute atomic E-state index is 11.4. The Bertz CT molecular complexity index is 697. The van der Waals surface area contributed by atoms with E-state index in [0.717, 1.165) is 19.8 Å². The minimum Gasteiger partial charge on any atom is -0.398 e. The summed E-state index contributed by atoms with van der Waals surface area (Å²) < 4.78 is 24.5. The summed E-state index contributed by atoms with van der Waals surface area (Å²) >= 11 is 4.39. The molecule has 1 aromatic carbocycles. The van der Waals surface area contributed by atoms with Crippen molar-refractivity contribution in [2.75, 3.05) is 18.2 Å². The molecule has 0 unspecified atom stereocenters. The Labute approximate surface area is 123 Å². The molecule has 0 fully saturated rings. The van der Waals surface area contributed by atoms with Gasteiger partial charge < -0.3 is 5.73 Å². The van der Waals surface area contributed by atoms with Crippen molar-refractivity contribution in [3.63, 3.8) is 0 Å². The zero-order valence-corrected chi connectivity index (χ0v) is 13.4. The zero-order chi connectivity index (χ0) is 14.0. The molecule has 1 heterocycles. The zero-order valence-electron chi connectivity index (χ0n) is 10.2. The van der Waals surface area contributed by atoms with Crippen LogP contribution in [0.1, 0.15) is 0 Å². The average Bonchev–Trinajstić information content (AvgIpc) is 2.78. The summed E-state index contributed by atoms with van der Waals surface area (Å²) in [5, 5.41) is 8.02. The highest BCUT2D eigenvalue weighted by molar-refractivity contribution is 8.03. The normalized spacial score (nSPS) is 11.7. The second kappa shape index (κ2) is 5.70. The van der Waals surface area contributed by atoms with E-state index in [1.54, 1.807) is 12.1 Å². The van der Waals surface area contributed by atoms with E-state index in [0.29, 0.717) is 5.69 Å². The molecule has 0 bridgehead atoms. The third-order valence-corrected chi connectivity index (χ3v) is 6.32. The van der Waals surface area contributed by atoms with Crippen molar-refractivity contribution in [2.24, 2.45) is 0 Å². The van der Waals surface area contributed by atoms with Gasteiger partial charge >= 0.3 is 0 Å². The van der Waals surface area contributed by atoms with Gasteiger partial charge in [0.05, 0.1) is 4.90 Å². The van der Waals surface area contributed by atoms with Gasteiger partial charge in [-0.05, 0) is 24.5 Å². The Morgan fingerprint density at radius 1 is 1.26 bits per heavy atom. The molecule has 0 atom stereocenters. The molecule has 0 saturated carbocycles. The Hall–Kier alpha value is -0.770. The third kappa shape index (κ3) is 3.62. The van der Waals surface area contributed by atoms with Crippen molar-refractivity contribution < 1.29 is 8.42 Å². The summed E-state index contributed by atoms with van der Waals surface area (Å²) in [7, 11) is -3.23. The standard InChI is InChI=1S/C10H11N3O2S4/c1-16-9-12-13-10(18-9)17-8-4-3-6(5-7(8)11)19(2,14)15/h3-5H,11H2,1-2H3. The number of rotatable bonds is 4. The van der Waals surface area contributed by atoms with Crippen LogP contribution in [0.5, 0.6) is 0 Å². The van der Waals surface area contributed by atoms with Crippen molar-refractivity contribution in [1.82, 2.24) is 10.2 Å². The molecule has 0 radical (unpaired) electrons. The van der Waals surface area contributed by atoms with Crippen LogP contribution in [0.4, 0.5) is 5.69 Å². The lowest BCUT2D eigenvalue weighted by molar-refractivity contribution is 0.602. The first-order valence-corrected chi connectivity index (χ1v) is 9.80. The van der Waals surface area contributed by atoms with E-state index < -0.39 is 9.84 Å². The lowest BCUT2D eigenvalue weighted by atomic mass is 10.3. The van der Waals surface area contributed by atoms with Gasteiger partial charge in [0.1, 0.15) is 0 Å². The van der Waals surface area contributed by atoms with Crippen LogP contribution in [0, 0.1) is 0 Å². The highest BCUT2D eigenvalue weighted by Gasteiger charge is 2.12. The second-order valence-electron chi connectivity index (χ2n) is 3.61. The van der Waals surface area contributed by atoms with Crippen molar-refractivity contribution >= 4 is 50.4 Å². The van der Waals surface area contributed by atoms with E-state index in [-0.39, 0.29) is 4.90 Å². The highest BCUT2D eigenvalue weighted by Crippen LogP contribution is 2.36. The van der Waals surface area contributed by atoms with Gasteiger partial charge in [-0.15, -0.1) is 10.2 Å². The Morgan fingerprint density at radius 2 is 1.95 bits per heavy atom. The van der Waals surface area contributed by atoms with Crippen LogP contribution < -0.4 is 5.73 Å². The van der Waals surface area contributed by atoms with Crippen LogP contribution >= 0.6 is 34.9 Å². The van der Waals surface area contributed by atoms with Crippen LogP contribution in [-0.4, -0.2) is 31.1 Å². The lowest BCUT2D eigenvalue weighted by Crippen LogP contribution is -1.99. The van der Waals surface area contributed by atoms with E-state index >= 15 is 0 Å². The lowest BCUT2D eigenvalue weighted by Gasteiger charge is -2.05. The van der Waals surface area contributed by atoms with Crippen LogP contribution in [0.3, 0.4) is 0 Å². The van der Waals surface area contributed by atoms with Crippen molar-refractivity contribution in [1.29, 1.82) is 0 Å². The van der Waals surface area contributed by atoms with E-state index in [1.165, 1.54) is 40.9 Å². The Kier molecular flexibility index (Phi) is 4.39. The summed E-state index contributed by atoms with van der Waals surface area (Å²) in [4.78, 5) is 0.993. The SMILES string of the molecule is CSc1nnc(Sc2ccc(S(C)(=O)=O)cc2N)s1. The molecule has 5 nitrogen and oxygen atoms in total. The molecule has 0 saturated heterocycles. The molecule has 0 aliphatic heterocycles. The average molecular weight is 333 g/mol. The van der Waals surface area contributed by atoms with Crippen molar-refractivity contribution in [3.05, 3.63) is 18.2 Å². The van der Waals surface area contributed by atoms with E-state index in [2.05, 4.69) is 10.2 Å². The summed E-state index contributed by atoms with van der Waals surface area (Å²) in [6.07, 6.45) is 3.09. The Morgan fingerprint density at radius 3 is 2.47 bits per heavy atom. The quantitative estimate of drug-likeness (QED) is 0.679. The molecule has 0 spiro atoms. The molecule has 9 heteroatoms. The molecule has 0 amide bonds. The number of anilines is 1. The molecule has 19 heavy (non-hydrogen) atoms. The molecule has 2 N–H and O–H groups in total. The van der Waals surface area contributed by atoms with Gasteiger partial charge in [0.15, 0.2) is 18.5 Å². The number of hydrogen-bond acceptors (Lipinski definition) is 8. The first-order valence-electron chi connectivity index (χ1n) is 5.05. The number of hydrogen-bond donors (Lipinski definition) is 1.